The number of likely N-dealkylation sites (tertiary alicyclic amines) is 1. The standard InChI is InChI=1S/C21H24FNO4/c1-26-17-9-4-10-18(27-2)19(17)20(14-6-3-8-16(22)12-14)23-11-5-7-15(13-23)21(24)25/h3-4,6,8-10,12,15,20H,5,7,11,13H2,1-2H3,(H,24,25). The fourth-order valence-electron chi connectivity index (χ4n) is 3.83. The van der Waals surface area contributed by atoms with E-state index in [-0.39, 0.29) is 11.9 Å². The van der Waals surface area contributed by atoms with Gasteiger partial charge in [0.25, 0.3) is 0 Å². The summed E-state index contributed by atoms with van der Waals surface area (Å²) in [4.78, 5) is 13.6. The van der Waals surface area contributed by atoms with Crippen LogP contribution in [0.1, 0.15) is 30.0 Å². The lowest BCUT2D eigenvalue weighted by atomic mass is 9.90. The number of methoxy groups -OCH3 is 2. The molecule has 2 atom stereocenters. The van der Waals surface area contributed by atoms with Crippen molar-refractivity contribution in [3.05, 3.63) is 59.4 Å². The lowest BCUT2D eigenvalue weighted by Crippen LogP contribution is -2.41. The molecule has 1 aliphatic rings. The topological polar surface area (TPSA) is 59.0 Å². The number of halogens is 1. The molecule has 1 N–H and O–H groups in total. The number of hydrogen-bond donors (Lipinski definition) is 1. The number of aliphatic carboxylic acids is 1. The number of benzene rings is 2. The molecule has 0 bridgehead atoms. The monoisotopic (exact) mass is 373 g/mol. The first-order chi connectivity index (χ1) is 13.0. The Hall–Kier alpha value is -2.60. The number of rotatable bonds is 6. The van der Waals surface area contributed by atoms with Crippen molar-refractivity contribution in [2.24, 2.45) is 5.92 Å². The Kier molecular flexibility index (Phi) is 5.96. The molecule has 0 amide bonds. The van der Waals surface area contributed by atoms with Crippen LogP contribution >= 0.6 is 0 Å². The van der Waals surface area contributed by atoms with Crippen molar-refractivity contribution in [3.63, 3.8) is 0 Å². The summed E-state index contributed by atoms with van der Waals surface area (Å²) in [5.74, 6) is -0.333. The molecule has 6 heteroatoms. The van der Waals surface area contributed by atoms with Crippen molar-refractivity contribution in [3.8, 4) is 11.5 Å². The Morgan fingerprint density at radius 2 is 1.85 bits per heavy atom. The van der Waals surface area contributed by atoms with Crippen molar-refractivity contribution in [2.45, 2.75) is 18.9 Å². The van der Waals surface area contributed by atoms with Gasteiger partial charge in [0.1, 0.15) is 17.3 Å². The molecule has 2 aromatic rings. The fourth-order valence-corrected chi connectivity index (χ4v) is 3.83. The maximum absolute atomic E-state index is 14.0. The molecule has 1 heterocycles. The van der Waals surface area contributed by atoms with Crippen LogP contribution in [0.15, 0.2) is 42.5 Å². The van der Waals surface area contributed by atoms with Gasteiger partial charge in [-0.3, -0.25) is 9.69 Å². The maximum Gasteiger partial charge on any atom is 0.307 e. The van der Waals surface area contributed by atoms with E-state index in [9.17, 15) is 14.3 Å². The van der Waals surface area contributed by atoms with Crippen LogP contribution in [0, 0.1) is 11.7 Å². The quantitative estimate of drug-likeness (QED) is 0.836. The second kappa shape index (κ2) is 8.39. The normalized spacial score (nSPS) is 18.7. The van der Waals surface area contributed by atoms with Gasteiger partial charge < -0.3 is 14.6 Å². The highest BCUT2D eigenvalue weighted by molar-refractivity contribution is 5.70. The van der Waals surface area contributed by atoms with Gasteiger partial charge in [-0.25, -0.2) is 4.39 Å². The number of piperidine rings is 1. The minimum absolute atomic E-state index is 0.335. The molecule has 27 heavy (non-hydrogen) atoms. The van der Waals surface area contributed by atoms with Crippen LogP contribution in [-0.4, -0.2) is 43.3 Å². The fraction of sp³-hybridized carbons (Fsp3) is 0.381. The SMILES string of the molecule is COc1cccc(OC)c1C(c1cccc(F)c1)N1CCCC(C(=O)O)C1. The molecule has 3 rings (SSSR count). The van der Waals surface area contributed by atoms with Crippen LogP contribution in [0.3, 0.4) is 0 Å². The third kappa shape index (κ3) is 4.06. The van der Waals surface area contributed by atoms with E-state index in [1.54, 1.807) is 20.3 Å². The highest BCUT2D eigenvalue weighted by Crippen LogP contribution is 2.42. The van der Waals surface area contributed by atoms with E-state index in [0.717, 1.165) is 17.5 Å². The molecule has 144 valence electrons. The third-order valence-corrected chi connectivity index (χ3v) is 5.07. The third-order valence-electron chi connectivity index (χ3n) is 5.07. The summed E-state index contributed by atoms with van der Waals surface area (Å²) >= 11 is 0. The minimum atomic E-state index is -0.801. The number of carbonyl (C=O) groups is 1. The molecule has 0 saturated carbocycles. The molecular weight excluding hydrogens is 349 g/mol. The molecule has 1 fully saturated rings. The molecule has 0 radical (unpaired) electrons. The molecule has 5 nitrogen and oxygen atoms in total. The van der Waals surface area contributed by atoms with Crippen LogP contribution in [0.25, 0.3) is 0 Å². The molecule has 0 aromatic heterocycles. The van der Waals surface area contributed by atoms with Gasteiger partial charge in [-0.15, -0.1) is 0 Å². The maximum atomic E-state index is 14.0. The van der Waals surface area contributed by atoms with E-state index < -0.39 is 11.9 Å². The Labute approximate surface area is 158 Å². The average Bonchev–Trinajstić information content (AvgIpc) is 2.68. The van der Waals surface area contributed by atoms with Gasteiger partial charge >= 0.3 is 5.97 Å². The molecule has 1 saturated heterocycles. The predicted octanol–water partition coefficient (Wildman–Crippen LogP) is 3.73. The van der Waals surface area contributed by atoms with Gasteiger partial charge in [0.2, 0.25) is 0 Å². The molecule has 1 aliphatic heterocycles. The van der Waals surface area contributed by atoms with Crippen molar-refractivity contribution < 1.29 is 23.8 Å². The van der Waals surface area contributed by atoms with Gasteiger partial charge in [0.15, 0.2) is 0 Å². The number of carboxylic acid groups (broad SMARTS) is 1. The van der Waals surface area contributed by atoms with Gasteiger partial charge in [-0.2, -0.15) is 0 Å². The Morgan fingerprint density at radius 3 is 2.44 bits per heavy atom. The Balaban J connectivity index is 2.13. The number of hydrogen-bond acceptors (Lipinski definition) is 4. The van der Waals surface area contributed by atoms with Crippen LogP contribution in [0.4, 0.5) is 4.39 Å². The molecule has 2 unspecified atom stereocenters. The first-order valence-electron chi connectivity index (χ1n) is 8.98. The van der Waals surface area contributed by atoms with Crippen molar-refractivity contribution >= 4 is 5.97 Å². The second-order valence-corrected chi connectivity index (χ2v) is 6.71. The minimum Gasteiger partial charge on any atom is -0.496 e. The summed E-state index contributed by atoms with van der Waals surface area (Å²) in [5.41, 5.74) is 1.52. The first-order valence-corrected chi connectivity index (χ1v) is 8.98. The van der Waals surface area contributed by atoms with E-state index >= 15 is 0 Å². The largest absolute Gasteiger partial charge is 0.496 e. The van der Waals surface area contributed by atoms with Crippen LogP contribution in [0.5, 0.6) is 11.5 Å². The summed E-state index contributed by atoms with van der Waals surface area (Å²) in [5, 5.41) is 9.49. The van der Waals surface area contributed by atoms with E-state index in [2.05, 4.69) is 4.90 Å². The zero-order chi connectivity index (χ0) is 19.4. The molecule has 0 aliphatic carbocycles. The van der Waals surface area contributed by atoms with Gasteiger partial charge in [-0.05, 0) is 49.2 Å². The van der Waals surface area contributed by atoms with Crippen LogP contribution < -0.4 is 9.47 Å². The van der Waals surface area contributed by atoms with Crippen molar-refractivity contribution in [1.82, 2.24) is 4.90 Å². The number of ether oxygens (including phenoxy) is 2. The smallest absolute Gasteiger partial charge is 0.307 e. The average molecular weight is 373 g/mol. The number of nitrogens with zero attached hydrogens (tertiary/aromatic N) is 1. The summed E-state index contributed by atoms with van der Waals surface area (Å²) in [6, 6.07) is 11.5. The highest BCUT2D eigenvalue weighted by Gasteiger charge is 2.34. The summed E-state index contributed by atoms with van der Waals surface area (Å²) < 4.78 is 25.1. The van der Waals surface area contributed by atoms with Crippen molar-refractivity contribution in [2.75, 3.05) is 27.3 Å². The summed E-state index contributed by atoms with van der Waals surface area (Å²) in [6.45, 7) is 1.10. The predicted molar refractivity (Wildman–Crippen MR) is 99.7 cm³/mol. The summed E-state index contributed by atoms with van der Waals surface area (Å²) in [7, 11) is 3.16. The lowest BCUT2D eigenvalue weighted by Gasteiger charge is -2.38. The van der Waals surface area contributed by atoms with Crippen LogP contribution in [0.2, 0.25) is 0 Å². The first kappa shape index (κ1) is 19.2. The molecule has 0 spiro atoms. The van der Waals surface area contributed by atoms with Crippen molar-refractivity contribution in [1.29, 1.82) is 0 Å². The van der Waals surface area contributed by atoms with E-state index in [1.165, 1.54) is 12.1 Å². The zero-order valence-corrected chi connectivity index (χ0v) is 15.5. The van der Waals surface area contributed by atoms with Gasteiger partial charge in [0, 0.05) is 6.54 Å². The Bertz CT molecular complexity index is 788. The van der Waals surface area contributed by atoms with E-state index in [4.69, 9.17) is 9.47 Å². The lowest BCUT2D eigenvalue weighted by molar-refractivity contribution is -0.143. The zero-order valence-electron chi connectivity index (χ0n) is 15.5. The van der Waals surface area contributed by atoms with Gasteiger partial charge in [-0.1, -0.05) is 18.2 Å². The Morgan fingerprint density at radius 1 is 1.19 bits per heavy atom. The second-order valence-electron chi connectivity index (χ2n) is 6.71. The summed E-state index contributed by atoms with van der Waals surface area (Å²) in [6.07, 6.45) is 1.41. The number of carboxylic acids is 1. The molecular formula is C21H24FNO4. The molecule has 2 aromatic carbocycles. The van der Waals surface area contributed by atoms with E-state index in [1.807, 2.05) is 24.3 Å². The van der Waals surface area contributed by atoms with Crippen LogP contribution in [-0.2, 0) is 4.79 Å². The highest BCUT2D eigenvalue weighted by atomic mass is 19.1. The van der Waals surface area contributed by atoms with Gasteiger partial charge in [0.05, 0.1) is 31.7 Å². The van der Waals surface area contributed by atoms with E-state index in [0.29, 0.717) is 31.0 Å².